The van der Waals surface area contributed by atoms with Gasteiger partial charge in [-0.3, -0.25) is 4.57 Å². The first-order chi connectivity index (χ1) is 8.84. The van der Waals surface area contributed by atoms with E-state index in [1.807, 2.05) is 60.7 Å². The van der Waals surface area contributed by atoms with E-state index < -0.39 is 0 Å². The van der Waals surface area contributed by atoms with E-state index in [0.717, 1.165) is 16.6 Å². The normalized spacial score (nSPS) is 11.3. The summed E-state index contributed by atoms with van der Waals surface area (Å²) in [6.45, 7) is 0. The molecule has 18 heavy (non-hydrogen) atoms. The molecule has 3 nitrogen and oxygen atoms in total. The number of hydrogen-bond acceptors (Lipinski definition) is 1. The van der Waals surface area contributed by atoms with Gasteiger partial charge in [0.15, 0.2) is 0 Å². The van der Waals surface area contributed by atoms with Crippen LogP contribution in [0.3, 0.4) is 0 Å². The van der Waals surface area contributed by atoms with Crippen molar-refractivity contribution in [3.63, 3.8) is 0 Å². The van der Waals surface area contributed by atoms with Gasteiger partial charge in [0.2, 0.25) is 0 Å². The van der Waals surface area contributed by atoms with Gasteiger partial charge in [-0.15, -0.1) is 0 Å². The number of nitrogens with zero attached hydrogens (tertiary/aromatic N) is 1. The van der Waals surface area contributed by atoms with Crippen LogP contribution < -0.4 is 5.69 Å². The maximum atomic E-state index is 11.8. The highest BCUT2D eigenvalue weighted by Gasteiger charge is 2.01. The monoisotopic (exact) mass is 236 g/mol. The van der Waals surface area contributed by atoms with Crippen molar-refractivity contribution in [2.75, 3.05) is 0 Å². The molecular formula is C15H12N2O. The predicted molar refractivity (Wildman–Crippen MR) is 74.2 cm³/mol. The molecule has 88 valence electrons. The van der Waals surface area contributed by atoms with Gasteiger partial charge in [0.05, 0.1) is 11.0 Å². The van der Waals surface area contributed by atoms with Crippen molar-refractivity contribution in [2.24, 2.45) is 0 Å². The molecule has 2 aromatic carbocycles. The number of rotatable bonds is 2. The molecule has 3 rings (SSSR count). The van der Waals surface area contributed by atoms with Crippen LogP contribution >= 0.6 is 0 Å². The summed E-state index contributed by atoms with van der Waals surface area (Å²) in [6, 6.07) is 17.5. The van der Waals surface area contributed by atoms with Gasteiger partial charge < -0.3 is 4.98 Å². The number of para-hydroxylation sites is 2. The fourth-order valence-electron chi connectivity index (χ4n) is 1.95. The Bertz CT molecular complexity index is 751. The first kappa shape index (κ1) is 10.6. The minimum atomic E-state index is -0.122. The minimum absolute atomic E-state index is 0.122. The van der Waals surface area contributed by atoms with Crippen molar-refractivity contribution in [1.82, 2.24) is 9.55 Å². The lowest BCUT2D eigenvalue weighted by Gasteiger charge is -1.95. The SMILES string of the molecule is O=c1[nH]c2ccccc2n1C=Cc1ccccc1. The first-order valence-electron chi connectivity index (χ1n) is 5.77. The van der Waals surface area contributed by atoms with Crippen molar-refractivity contribution in [3.8, 4) is 0 Å². The van der Waals surface area contributed by atoms with Crippen molar-refractivity contribution >= 4 is 23.3 Å². The summed E-state index contributed by atoms with van der Waals surface area (Å²) < 4.78 is 1.61. The maximum absolute atomic E-state index is 11.8. The molecule has 0 bridgehead atoms. The molecule has 0 aliphatic heterocycles. The number of fused-ring (bicyclic) bond motifs is 1. The van der Waals surface area contributed by atoms with Gasteiger partial charge in [-0.1, -0.05) is 42.5 Å². The number of imidazole rings is 1. The molecule has 0 spiro atoms. The van der Waals surface area contributed by atoms with Crippen molar-refractivity contribution in [2.45, 2.75) is 0 Å². The topological polar surface area (TPSA) is 37.8 Å². The maximum Gasteiger partial charge on any atom is 0.330 e. The van der Waals surface area contributed by atoms with E-state index in [-0.39, 0.29) is 5.69 Å². The zero-order valence-corrected chi connectivity index (χ0v) is 9.71. The van der Waals surface area contributed by atoms with Crippen molar-refractivity contribution in [1.29, 1.82) is 0 Å². The van der Waals surface area contributed by atoms with Gasteiger partial charge in [-0.2, -0.15) is 0 Å². The van der Waals surface area contributed by atoms with Crippen LogP contribution in [0.2, 0.25) is 0 Å². The Morgan fingerprint density at radius 3 is 2.50 bits per heavy atom. The lowest BCUT2D eigenvalue weighted by Crippen LogP contribution is -2.10. The average molecular weight is 236 g/mol. The molecule has 0 aliphatic rings. The number of aromatic amines is 1. The zero-order chi connectivity index (χ0) is 12.4. The van der Waals surface area contributed by atoms with E-state index in [0.29, 0.717) is 0 Å². The van der Waals surface area contributed by atoms with Crippen LogP contribution in [0.5, 0.6) is 0 Å². The third-order valence-corrected chi connectivity index (χ3v) is 2.84. The smallest absolute Gasteiger partial charge is 0.305 e. The van der Waals surface area contributed by atoms with Gasteiger partial charge in [-0.25, -0.2) is 4.79 Å². The Hall–Kier alpha value is -2.55. The Morgan fingerprint density at radius 2 is 1.67 bits per heavy atom. The van der Waals surface area contributed by atoms with Crippen LogP contribution in [0, 0.1) is 0 Å². The second kappa shape index (κ2) is 4.37. The number of aromatic nitrogens is 2. The molecule has 0 amide bonds. The zero-order valence-electron chi connectivity index (χ0n) is 9.71. The summed E-state index contributed by atoms with van der Waals surface area (Å²) in [4.78, 5) is 14.6. The third kappa shape index (κ3) is 1.86. The number of nitrogens with one attached hydrogen (secondary N) is 1. The average Bonchev–Trinajstić information content (AvgIpc) is 2.73. The van der Waals surface area contributed by atoms with E-state index >= 15 is 0 Å². The fraction of sp³-hybridized carbons (Fsp3) is 0. The van der Waals surface area contributed by atoms with E-state index in [4.69, 9.17) is 0 Å². The third-order valence-electron chi connectivity index (χ3n) is 2.84. The molecule has 1 N–H and O–H groups in total. The number of benzene rings is 2. The largest absolute Gasteiger partial charge is 0.330 e. The summed E-state index contributed by atoms with van der Waals surface area (Å²) >= 11 is 0. The van der Waals surface area contributed by atoms with Gasteiger partial charge in [0.1, 0.15) is 0 Å². The lowest BCUT2D eigenvalue weighted by molar-refractivity contribution is 1.08. The fourth-order valence-corrected chi connectivity index (χ4v) is 1.95. The Labute approximate surface area is 104 Å². The summed E-state index contributed by atoms with van der Waals surface area (Å²) in [5.41, 5.74) is 2.67. The van der Waals surface area contributed by atoms with Crippen LogP contribution in [0.25, 0.3) is 23.3 Å². The standard InChI is InChI=1S/C15H12N2O/c18-15-16-13-8-4-5-9-14(13)17(15)11-10-12-6-2-1-3-7-12/h1-11H,(H,16,18). The van der Waals surface area contributed by atoms with Crippen LogP contribution in [0.1, 0.15) is 5.56 Å². The van der Waals surface area contributed by atoms with E-state index in [1.165, 1.54) is 0 Å². The van der Waals surface area contributed by atoms with Crippen LogP contribution in [-0.2, 0) is 0 Å². The summed E-state index contributed by atoms with van der Waals surface area (Å²) in [6.07, 6.45) is 3.71. The predicted octanol–water partition coefficient (Wildman–Crippen LogP) is 2.96. The molecule has 0 unspecified atom stereocenters. The molecule has 0 aliphatic carbocycles. The highest BCUT2D eigenvalue weighted by molar-refractivity contribution is 5.78. The second-order valence-electron chi connectivity index (χ2n) is 4.04. The molecule has 0 fully saturated rings. The molecular weight excluding hydrogens is 224 g/mol. The Morgan fingerprint density at radius 1 is 0.944 bits per heavy atom. The van der Waals surface area contributed by atoms with Crippen molar-refractivity contribution in [3.05, 3.63) is 70.6 Å². The molecule has 0 radical (unpaired) electrons. The van der Waals surface area contributed by atoms with Crippen LogP contribution in [0.15, 0.2) is 59.4 Å². The summed E-state index contributed by atoms with van der Waals surface area (Å²) in [5.74, 6) is 0. The number of hydrogen-bond donors (Lipinski definition) is 1. The van der Waals surface area contributed by atoms with E-state index in [1.54, 1.807) is 10.8 Å². The van der Waals surface area contributed by atoms with Gasteiger partial charge in [0.25, 0.3) is 0 Å². The lowest BCUT2D eigenvalue weighted by atomic mass is 10.2. The van der Waals surface area contributed by atoms with Crippen molar-refractivity contribution < 1.29 is 0 Å². The summed E-state index contributed by atoms with van der Waals surface area (Å²) in [5, 5.41) is 0. The van der Waals surface area contributed by atoms with Crippen LogP contribution in [0.4, 0.5) is 0 Å². The Kier molecular flexibility index (Phi) is 2.57. The van der Waals surface area contributed by atoms with Crippen LogP contribution in [-0.4, -0.2) is 9.55 Å². The number of H-pyrrole nitrogens is 1. The highest BCUT2D eigenvalue weighted by Crippen LogP contribution is 2.10. The highest BCUT2D eigenvalue weighted by atomic mass is 16.1. The molecule has 0 saturated heterocycles. The van der Waals surface area contributed by atoms with Gasteiger partial charge in [0, 0.05) is 6.20 Å². The molecule has 3 heteroatoms. The van der Waals surface area contributed by atoms with E-state index in [2.05, 4.69) is 4.98 Å². The second-order valence-corrected chi connectivity index (χ2v) is 4.04. The molecule has 0 saturated carbocycles. The molecule has 3 aromatic rings. The molecule has 1 heterocycles. The van der Waals surface area contributed by atoms with E-state index in [9.17, 15) is 4.79 Å². The quantitative estimate of drug-likeness (QED) is 0.729. The van der Waals surface area contributed by atoms with Gasteiger partial charge >= 0.3 is 5.69 Å². The minimum Gasteiger partial charge on any atom is -0.305 e. The first-order valence-corrected chi connectivity index (χ1v) is 5.77. The van der Waals surface area contributed by atoms with Gasteiger partial charge in [-0.05, 0) is 23.8 Å². The molecule has 1 aromatic heterocycles. The summed E-state index contributed by atoms with van der Waals surface area (Å²) in [7, 11) is 0. The Balaban J connectivity index is 2.08. The molecule has 0 atom stereocenters.